The van der Waals surface area contributed by atoms with Crippen LogP contribution in [0.5, 0.6) is 5.75 Å². The third-order valence-electron chi connectivity index (χ3n) is 5.73. The Labute approximate surface area is 201 Å². The van der Waals surface area contributed by atoms with Crippen LogP contribution in [-0.4, -0.2) is 46.6 Å². The van der Waals surface area contributed by atoms with Crippen LogP contribution >= 0.6 is 0 Å². The van der Waals surface area contributed by atoms with Gasteiger partial charge in [0.1, 0.15) is 17.4 Å². The van der Waals surface area contributed by atoms with E-state index in [1.807, 2.05) is 12.1 Å². The fraction of sp³-hybridized carbons (Fsp3) is 0.440. The fourth-order valence-electron chi connectivity index (χ4n) is 3.98. The van der Waals surface area contributed by atoms with Gasteiger partial charge < -0.3 is 9.64 Å². The Kier molecular flexibility index (Phi) is 9.29. The lowest BCUT2D eigenvalue weighted by molar-refractivity contribution is 0.300. The fourth-order valence-corrected chi connectivity index (χ4v) is 5.34. The number of nitrogens with one attached hydrogen (secondary N) is 1. The summed E-state index contributed by atoms with van der Waals surface area (Å²) in [5.74, 6) is -1.03. The second kappa shape index (κ2) is 12.2. The Morgan fingerprint density at radius 2 is 1.94 bits per heavy atom. The highest BCUT2D eigenvalue weighted by Gasteiger charge is 2.28. The van der Waals surface area contributed by atoms with Gasteiger partial charge in [0.25, 0.3) is 0 Å². The standard InChI is InChI=1S/C25H33F2N3O3S/c1-3-14-29(2)15-6-4-5-7-17-33-22-11-13-25-20(18-22)9-8-16-30(25)34(31,32)28-24-12-10-21(26)19-23(24)27/h3,10-13,18-19,28H,1,4-9,14-17H2,2H3. The summed E-state index contributed by atoms with van der Waals surface area (Å²) in [7, 11) is -1.98. The smallest absolute Gasteiger partial charge is 0.324 e. The highest BCUT2D eigenvalue weighted by Crippen LogP contribution is 2.33. The molecule has 1 aliphatic heterocycles. The van der Waals surface area contributed by atoms with Gasteiger partial charge in [-0.15, -0.1) is 6.58 Å². The van der Waals surface area contributed by atoms with Gasteiger partial charge in [-0.2, -0.15) is 8.42 Å². The van der Waals surface area contributed by atoms with Crippen molar-refractivity contribution in [2.24, 2.45) is 0 Å². The van der Waals surface area contributed by atoms with Gasteiger partial charge in [0, 0.05) is 19.2 Å². The predicted molar refractivity (Wildman–Crippen MR) is 133 cm³/mol. The van der Waals surface area contributed by atoms with Crippen LogP contribution in [-0.2, 0) is 16.6 Å². The maximum Gasteiger partial charge on any atom is 0.324 e. The Balaban J connectivity index is 1.54. The highest BCUT2D eigenvalue weighted by molar-refractivity contribution is 7.94. The minimum atomic E-state index is -4.07. The second-order valence-electron chi connectivity index (χ2n) is 8.51. The first kappa shape index (κ1) is 26.0. The molecule has 1 aliphatic rings. The molecule has 3 rings (SSSR count). The number of hydrogen-bond acceptors (Lipinski definition) is 4. The van der Waals surface area contributed by atoms with Crippen LogP contribution in [0.2, 0.25) is 0 Å². The average Bonchev–Trinajstić information content (AvgIpc) is 2.80. The van der Waals surface area contributed by atoms with E-state index in [-0.39, 0.29) is 12.2 Å². The zero-order valence-electron chi connectivity index (χ0n) is 19.6. The van der Waals surface area contributed by atoms with E-state index in [0.717, 1.165) is 62.9 Å². The van der Waals surface area contributed by atoms with Crippen LogP contribution in [0.3, 0.4) is 0 Å². The number of aryl methyl sites for hydroxylation is 1. The second-order valence-corrected chi connectivity index (χ2v) is 10.1. The molecule has 0 bridgehead atoms. The average molecular weight is 494 g/mol. The summed E-state index contributed by atoms with van der Waals surface area (Å²) in [5.41, 5.74) is 1.11. The SMILES string of the molecule is C=CCN(C)CCCCCCOc1ccc2c(c1)CCCN2S(=O)(=O)Nc1ccc(F)cc1F. The molecule has 1 heterocycles. The largest absolute Gasteiger partial charge is 0.494 e. The summed E-state index contributed by atoms with van der Waals surface area (Å²) >= 11 is 0. The van der Waals surface area contributed by atoms with Crippen molar-refractivity contribution in [3.05, 3.63) is 66.3 Å². The van der Waals surface area contributed by atoms with Gasteiger partial charge in [-0.1, -0.05) is 18.9 Å². The molecule has 34 heavy (non-hydrogen) atoms. The molecule has 0 saturated carbocycles. The van der Waals surface area contributed by atoms with Crippen LogP contribution in [0.25, 0.3) is 0 Å². The third kappa shape index (κ3) is 7.17. The molecule has 0 atom stereocenters. The molecule has 0 amide bonds. The molecule has 2 aromatic carbocycles. The molecule has 2 aromatic rings. The summed E-state index contributed by atoms with van der Waals surface area (Å²) < 4.78 is 62.3. The molecule has 0 fully saturated rings. The molecule has 0 aliphatic carbocycles. The summed E-state index contributed by atoms with van der Waals surface area (Å²) in [4.78, 5) is 2.24. The monoisotopic (exact) mass is 493 g/mol. The lowest BCUT2D eigenvalue weighted by Gasteiger charge is -2.31. The number of anilines is 2. The Morgan fingerprint density at radius 1 is 1.15 bits per heavy atom. The first-order valence-electron chi connectivity index (χ1n) is 11.6. The van der Waals surface area contributed by atoms with Crippen molar-refractivity contribution < 1.29 is 21.9 Å². The number of rotatable bonds is 13. The molecule has 9 heteroatoms. The van der Waals surface area contributed by atoms with Crippen molar-refractivity contribution in [2.45, 2.75) is 38.5 Å². The lowest BCUT2D eigenvalue weighted by atomic mass is 10.0. The zero-order chi connectivity index (χ0) is 24.6. The van der Waals surface area contributed by atoms with Crippen molar-refractivity contribution in [1.82, 2.24) is 4.90 Å². The summed E-state index contributed by atoms with van der Waals surface area (Å²) in [6, 6.07) is 8.08. The summed E-state index contributed by atoms with van der Waals surface area (Å²) in [5, 5.41) is 0. The molecular formula is C25H33F2N3O3S. The Morgan fingerprint density at radius 3 is 2.71 bits per heavy atom. The molecule has 1 N–H and O–H groups in total. The van der Waals surface area contributed by atoms with Gasteiger partial charge in [0.05, 0.1) is 18.0 Å². The number of unbranched alkanes of at least 4 members (excludes halogenated alkanes) is 3. The molecule has 6 nitrogen and oxygen atoms in total. The quantitative estimate of drug-likeness (QED) is 0.310. The van der Waals surface area contributed by atoms with E-state index in [2.05, 4.69) is 23.2 Å². The zero-order valence-corrected chi connectivity index (χ0v) is 20.4. The number of ether oxygens (including phenoxy) is 1. The minimum Gasteiger partial charge on any atom is -0.494 e. The molecule has 186 valence electrons. The number of halogens is 2. The number of benzene rings is 2. The Bertz CT molecular complexity index is 1080. The van der Waals surface area contributed by atoms with Crippen LogP contribution in [0.15, 0.2) is 49.1 Å². The van der Waals surface area contributed by atoms with E-state index < -0.39 is 21.8 Å². The highest BCUT2D eigenvalue weighted by atomic mass is 32.2. The molecule has 0 radical (unpaired) electrons. The molecule has 0 unspecified atom stereocenters. The van der Waals surface area contributed by atoms with Gasteiger partial charge in [-0.3, -0.25) is 9.03 Å². The van der Waals surface area contributed by atoms with Crippen LogP contribution in [0.1, 0.15) is 37.7 Å². The van der Waals surface area contributed by atoms with Crippen molar-refractivity contribution in [3.63, 3.8) is 0 Å². The maximum absolute atomic E-state index is 14.0. The normalized spacial score (nSPS) is 13.6. The van der Waals surface area contributed by atoms with E-state index in [1.165, 1.54) is 4.31 Å². The molecule has 0 saturated heterocycles. The number of likely N-dealkylation sites (N-methyl/N-ethyl adjacent to an activating group) is 1. The Hall–Kier alpha value is -2.65. The molecule has 0 aromatic heterocycles. The summed E-state index contributed by atoms with van der Waals surface area (Å²) in [6.07, 6.45) is 7.58. The van der Waals surface area contributed by atoms with Crippen molar-refractivity contribution in [2.75, 3.05) is 42.3 Å². The van der Waals surface area contributed by atoms with E-state index in [4.69, 9.17) is 4.74 Å². The lowest BCUT2D eigenvalue weighted by Crippen LogP contribution is -2.39. The van der Waals surface area contributed by atoms with Gasteiger partial charge in [-0.25, -0.2) is 8.78 Å². The first-order valence-corrected chi connectivity index (χ1v) is 13.0. The van der Waals surface area contributed by atoms with Crippen molar-refractivity contribution in [3.8, 4) is 5.75 Å². The van der Waals surface area contributed by atoms with Crippen LogP contribution in [0.4, 0.5) is 20.2 Å². The van der Waals surface area contributed by atoms with E-state index in [9.17, 15) is 17.2 Å². The number of nitrogens with zero attached hydrogens (tertiary/aromatic N) is 2. The van der Waals surface area contributed by atoms with E-state index in [0.29, 0.717) is 30.5 Å². The van der Waals surface area contributed by atoms with Crippen LogP contribution in [0, 0.1) is 11.6 Å². The maximum atomic E-state index is 14.0. The predicted octanol–water partition coefficient (Wildman–Crippen LogP) is 5.13. The molecular weight excluding hydrogens is 460 g/mol. The van der Waals surface area contributed by atoms with Crippen LogP contribution < -0.4 is 13.8 Å². The van der Waals surface area contributed by atoms with Gasteiger partial charge in [0.15, 0.2) is 0 Å². The van der Waals surface area contributed by atoms with Crippen molar-refractivity contribution >= 4 is 21.6 Å². The van der Waals surface area contributed by atoms with Gasteiger partial charge >= 0.3 is 10.2 Å². The summed E-state index contributed by atoms with van der Waals surface area (Å²) in [6.45, 7) is 6.58. The van der Waals surface area contributed by atoms with E-state index in [1.54, 1.807) is 12.1 Å². The molecule has 0 spiro atoms. The number of hydrogen-bond donors (Lipinski definition) is 1. The topological polar surface area (TPSA) is 61.9 Å². The van der Waals surface area contributed by atoms with Crippen molar-refractivity contribution in [1.29, 1.82) is 0 Å². The number of fused-ring (bicyclic) bond motifs is 1. The third-order valence-corrected chi connectivity index (χ3v) is 7.17. The van der Waals surface area contributed by atoms with E-state index >= 15 is 0 Å². The minimum absolute atomic E-state index is 0.271. The van der Waals surface area contributed by atoms with Gasteiger partial charge in [0.2, 0.25) is 0 Å². The first-order chi connectivity index (χ1) is 16.3. The van der Waals surface area contributed by atoms with Gasteiger partial charge in [-0.05, 0) is 75.2 Å².